The Kier molecular flexibility index (Phi) is 2.14. The zero-order valence-corrected chi connectivity index (χ0v) is 6.99. The lowest BCUT2D eigenvalue weighted by Crippen LogP contribution is -2.19. The summed E-state index contributed by atoms with van der Waals surface area (Å²) in [6.07, 6.45) is 0.101. The van der Waals surface area contributed by atoms with Crippen molar-refractivity contribution in [1.82, 2.24) is 5.48 Å². The predicted molar refractivity (Wildman–Crippen MR) is 47.7 cm³/mol. The fraction of sp³-hybridized carbons (Fsp3) is 0.222. The maximum Gasteiger partial charge on any atom is 0.248 e. The number of benzene rings is 1. The third-order valence-electron chi connectivity index (χ3n) is 1.79. The summed E-state index contributed by atoms with van der Waals surface area (Å²) in [5.74, 6) is -0.0894. The van der Waals surface area contributed by atoms with Crippen LogP contribution >= 0.6 is 0 Å². The van der Waals surface area contributed by atoms with Gasteiger partial charge in [-0.1, -0.05) is 18.2 Å². The van der Waals surface area contributed by atoms with E-state index in [-0.39, 0.29) is 12.1 Å². The summed E-state index contributed by atoms with van der Waals surface area (Å²) in [6.45, 7) is 0. The van der Waals surface area contributed by atoms with Crippen molar-refractivity contribution in [2.45, 2.75) is 12.6 Å². The minimum Gasteiger partial charge on any atom is -0.358 e. The first-order valence-electron chi connectivity index (χ1n) is 4.11. The number of anilines is 1. The van der Waals surface area contributed by atoms with Crippen molar-refractivity contribution in [2.24, 2.45) is 0 Å². The van der Waals surface area contributed by atoms with Gasteiger partial charge in [0.25, 0.3) is 0 Å². The lowest BCUT2D eigenvalue weighted by molar-refractivity contribution is -0.124. The quantitative estimate of drug-likeness (QED) is 0.706. The Bertz CT molecular complexity index is 300. The number of hydrogen-bond acceptors (Lipinski definition) is 3. The highest BCUT2D eigenvalue weighted by molar-refractivity contribution is 5.77. The number of hydroxylamine groups is 1. The Labute approximate surface area is 75.8 Å². The first kappa shape index (κ1) is 8.07. The normalized spacial score (nSPS) is 21.2. The van der Waals surface area contributed by atoms with Gasteiger partial charge in [-0.05, 0) is 12.1 Å². The maximum absolute atomic E-state index is 10.8. The van der Waals surface area contributed by atoms with E-state index in [4.69, 9.17) is 4.84 Å². The molecule has 1 aliphatic heterocycles. The topological polar surface area (TPSA) is 50.4 Å². The molecule has 1 amide bonds. The Morgan fingerprint density at radius 1 is 1.38 bits per heavy atom. The van der Waals surface area contributed by atoms with Crippen molar-refractivity contribution in [3.05, 3.63) is 30.3 Å². The highest BCUT2D eigenvalue weighted by Crippen LogP contribution is 2.11. The number of para-hydroxylation sites is 1. The van der Waals surface area contributed by atoms with Crippen LogP contribution in [-0.2, 0) is 9.63 Å². The van der Waals surface area contributed by atoms with E-state index in [2.05, 4.69) is 10.8 Å². The maximum atomic E-state index is 10.8. The van der Waals surface area contributed by atoms with Crippen LogP contribution in [0.5, 0.6) is 0 Å². The van der Waals surface area contributed by atoms with Gasteiger partial charge in [0.2, 0.25) is 5.91 Å². The lowest BCUT2D eigenvalue weighted by Gasteiger charge is -2.10. The second-order valence-corrected chi connectivity index (χ2v) is 2.85. The van der Waals surface area contributed by atoms with Crippen LogP contribution in [0, 0.1) is 0 Å². The van der Waals surface area contributed by atoms with Crippen molar-refractivity contribution < 1.29 is 9.63 Å². The molecule has 1 aliphatic rings. The number of amides is 1. The average molecular weight is 178 g/mol. The molecule has 4 nitrogen and oxygen atoms in total. The van der Waals surface area contributed by atoms with Gasteiger partial charge in [0, 0.05) is 5.69 Å². The molecule has 2 rings (SSSR count). The molecule has 0 spiro atoms. The van der Waals surface area contributed by atoms with Gasteiger partial charge in [-0.15, -0.1) is 0 Å². The lowest BCUT2D eigenvalue weighted by atomic mass is 10.3. The van der Waals surface area contributed by atoms with E-state index in [0.29, 0.717) is 6.42 Å². The molecule has 68 valence electrons. The SMILES string of the molecule is O=C1CC(Nc2ccccc2)ON1. The molecule has 0 aromatic heterocycles. The molecule has 0 aliphatic carbocycles. The third kappa shape index (κ3) is 1.97. The summed E-state index contributed by atoms with van der Waals surface area (Å²) in [5.41, 5.74) is 3.24. The van der Waals surface area contributed by atoms with Crippen LogP contribution in [0.3, 0.4) is 0 Å². The molecule has 0 radical (unpaired) electrons. The molecule has 1 unspecified atom stereocenters. The number of hydrogen-bond donors (Lipinski definition) is 2. The van der Waals surface area contributed by atoms with Gasteiger partial charge in [-0.2, -0.15) is 0 Å². The van der Waals surface area contributed by atoms with Crippen LogP contribution < -0.4 is 10.8 Å². The molecule has 1 heterocycles. The van der Waals surface area contributed by atoms with Gasteiger partial charge in [0.05, 0.1) is 6.42 Å². The minimum atomic E-state index is -0.255. The van der Waals surface area contributed by atoms with E-state index in [0.717, 1.165) is 5.69 Å². The summed E-state index contributed by atoms with van der Waals surface area (Å²) >= 11 is 0. The van der Waals surface area contributed by atoms with E-state index in [1.165, 1.54) is 0 Å². The van der Waals surface area contributed by atoms with Gasteiger partial charge in [0.1, 0.15) is 0 Å². The molecule has 1 fully saturated rings. The largest absolute Gasteiger partial charge is 0.358 e. The van der Waals surface area contributed by atoms with Gasteiger partial charge >= 0.3 is 0 Å². The second-order valence-electron chi connectivity index (χ2n) is 2.85. The van der Waals surface area contributed by atoms with Crippen LogP contribution in [0.2, 0.25) is 0 Å². The molecule has 4 heteroatoms. The average Bonchev–Trinajstić information content (AvgIpc) is 2.53. The van der Waals surface area contributed by atoms with Crippen LogP contribution in [0.1, 0.15) is 6.42 Å². The standard InChI is InChI=1S/C9H10N2O2/c12-8-6-9(13-11-8)10-7-4-2-1-3-5-7/h1-5,9-10H,6H2,(H,11,12). The highest BCUT2D eigenvalue weighted by atomic mass is 16.7. The van der Waals surface area contributed by atoms with E-state index >= 15 is 0 Å². The Hall–Kier alpha value is -1.55. The molecule has 1 aromatic carbocycles. The summed E-state index contributed by atoms with van der Waals surface area (Å²) in [5, 5.41) is 3.07. The van der Waals surface area contributed by atoms with Gasteiger partial charge < -0.3 is 5.32 Å². The van der Waals surface area contributed by atoms with E-state index < -0.39 is 0 Å². The summed E-state index contributed by atoms with van der Waals surface area (Å²) in [6, 6.07) is 9.63. The van der Waals surface area contributed by atoms with Crippen molar-refractivity contribution >= 4 is 11.6 Å². The number of carbonyl (C=O) groups excluding carboxylic acids is 1. The van der Waals surface area contributed by atoms with Crippen molar-refractivity contribution in [2.75, 3.05) is 5.32 Å². The van der Waals surface area contributed by atoms with Crippen LogP contribution in [0.15, 0.2) is 30.3 Å². The van der Waals surface area contributed by atoms with Gasteiger partial charge in [-0.25, -0.2) is 10.3 Å². The van der Waals surface area contributed by atoms with Gasteiger partial charge in [0.15, 0.2) is 6.23 Å². The van der Waals surface area contributed by atoms with Crippen molar-refractivity contribution in [3.63, 3.8) is 0 Å². The van der Waals surface area contributed by atoms with Crippen molar-refractivity contribution in [1.29, 1.82) is 0 Å². The smallest absolute Gasteiger partial charge is 0.248 e. The van der Waals surface area contributed by atoms with Crippen LogP contribution in [0.4, 0.5) is 5.69 Å². The first-order valence-corrected chi connectivity index (χ1v) is 4.11. The zero-order chi connectivity index (χ0) is 9.10. The van der Waals surface area contributed by atoms with Crippen LogP contribution in [-0.4, -0.2) is 12.1 Å². The monoisotopic (exact) mass is 178 g/mol. The summed E-state index contributed by atoms with van der Waals surface area (Å²) in [4.78, 5) is 15.7. The van der Waals surface area contributed by atoms with E-state index in [1.807, 2.05) is 30.3 Å². The second kappa shape index (κ2) is 3.45. The molecular formula is C9H10N2O2. The van der Waals surface area contributed by atoms with Crippen molar-refractivity contribution in [3.8, 4) is 0 Å². The fourth-order valence-electron chi connectivity index (χ4n) is 1.19. The summed E-state index contributed by atoms with van der Waals surface area (Å²) < 4.78 is 0. The van der Waals surface area contributed by atoms with E-state index in [9.17, 15) is 4.79 Å². The van der Waals surface area contributed by atoms with Crippen LogP contribution in [0.25, 0.3) is 0 Å². The Balaban J connectivity index is 1.96. The molecule has 2 N–H and O–H groups in total. The Morgan fingerprint density at radius 2 is 2.15 bits per heavy atom. The molecule has 0 saturated carbocycles. The number of rotatable bonds is 2. The molecule has 13 heavy (non-hydrogen) atoms. The van der Waals surface area contributed by atoms with E-state index in [1.54, 1.807) is 0 Å². The molecule has 0 bridgehead atoms. The number of carbonyl (C=O) groups is 1. The third-order valence-corrected chi connectivity index (χ3v) is 1.79. The molecule has 1 saturated heterocycles. The summed E-state index contributed by atoms with van der Waals surface area (Å²) in [7, 11) is 0. The number of nitrogens with one attached hydrogen (secondary N) is 2. The molecule has 1 aromatic rings. The predicted octanol–water partition coefficient (Wildman–Crippen LogP) is 0.876. The minimum absolute atomic E-state index is 0.0894. The zero-order valence-electron chi connectivity index (χ0n) is 6.99. The fourth-order valence-corrected chi connectivity index (χ4v) is 1.19. The molecular weight excluding hydrogens is 168 g/mol. The Morgan fingerprint density at radius 3 is 2.77 bits per heavy atom. The molecule has 1 atom stereocenters. The first-order chi connectivity index (χ1) is 6.34. The van der Waals surface area contributed by atoms with Gasteiger partial charge in [-0.3, -0.25) is 4.79 Å². The highest BCUT2D eigenvalue weighted by Gasteiger charge is 2.22.